The lowest BCUT2D eigenvalue weighted by molar-refractivity contribution is 0.257. The van der Waals surface area contributed by atoms with Gasteiger partial charge >= 0.3 is 6.03 Å². The van der Waals surface area contributed by atoms with Crippen LogP contribution in [0.4, 0.5) is 15.5 Å². The third-order valence-electron chi connectivity index (χ3n) is 2.22. The minimum absolute atomic E-state index is 0.176. The number of para-hydroxylation sites is 1. The number of rotatable bonds is 3. The number of amides is 2. The van der Waals surface area contributed by atoms with Gasteiger partial charge in [0.15, 0.2) is 0 Å². The highest BCUT2D eigenvalue weighted by atomic mass is 32.1. The lowest BCUT2D eigenvalue weighted by atomic mass is 10.3. The van der Waals surface area contributed by atoms with Crippen LogP contribution in [0.15, 0.2) is 36.5 Å². The van der Waals surface area contributed by atoms with Gasteiger partial charge in [-0.25, -0.2) is 4.79 Å². The summed E-state index contributed by atoms with van der Waals surface area (Å²) in [5, 5.41) is 7.06. The Morgan fingerprint density at radius 1 is 1.41 bits per heavy atom. The molecule has 2 rings (SSSR count). The third kappa shape index (κ3) is 2.79. The molecule has 0 aliphatic carbocycles. The zero-order chi connectivity index (χ0) is 12.1. The Bertz CT molecular complexity index is 471. The van der Waals surface area contributed by atoms with Crippen LogP contribution >= 0.6 is 11.5 Å². The van der Waals surface area contributed by atoms with Crippen molar-refractivity contribution in [2.75, 3.05) is 16.8 Å². The van der Waals surface area contributed by atoms with E-state index >= 15 is 0 Å². The Kier molecular flexibility index (Phi) is 3.66. The molecule has 6 heteroatoms. The minimum atomic E-state index is -0.176. The zero-order valence-corrected chi connectivity index (χ0v) is 10.1. The van der Waals surface area contributed by atoms with Crippen LogP contribution in [0.1, 0.15) is 6.92 Å². The van der Waals surface area contributed by atoms with Gasteiger partial charge in [0.1, 0.15) is 5.00 Å². The van der Waals surface area contributed by atoms with Crippen molar-refractivity contribution in [3.63, 3.8) is 0 Å². The van der Waals surface area contributed by atoms with Gasteiger partial charge in [0.05, 0.1) is 6.20 Å². The number of anilines is 2. The van der Waals surface area contributed by atoms with Crippen molar-refractivity contribution in [2.24, 2.45) is 0 Å². The molecule has 0 aliphatic heterocycles. The fourth-order valence-electron chi connectivity index (χ4n) is 1.45. The van der Waals surface area contributed by atoms with Crippen molar-refractivity contribution in [3.05, 3.63) is 36.5 Å². The summed E-state index contributed by atoms with van der Waals surface area (Å²) in [6.45, 7) is 2.53. The van der Waals surface area contributed by atoms with Crippen LogP contribution in [-0.4, -0.2) is 22.2 Å². The molecule has 2 amide bonds. The molecule has 0 saturated heterocycles. The number of carbonyl (C=O) groups is 1. The van der Waals surface area contributed by atoms with E-state index in [0.29, 0.717) is 11.5 Å². The Balaban J connectivity index is 2.11. The molecule has 1 aromatic heterocycles. The number of hydrogen-bond donors (Lipinski definition) is 1. The fourth-order valence-corrected chi connectivity index (χ4v) is 1.86. The molecule has 5 nitrogen and oxygen atoms in total. The molecule has 0 saturated carbocycles. The average molecular weight is 248 g/mol. The summed E-state index contributed by atoms with van der Waals surface area (Å²) in [7, 11) is 0. The molecular formula is C11H12N4OS. The molecule has 88 valence electrons. The summed E-state index contributed by atoms with van der Waals surface area (Å²) in [6.07, 6.45) is 1.53. The second-order valence-corrected chi connectivity index (χ2v) is 4.08. The summed E-state index contributed by atoms with van der Waals surface area (Å²) in [4.78, 5) is 13.7. The van der Waals surface area contributed by atoms with Crippen molar-refractivity contribution in [3.8, 4) is 0 Å². The average Bonchev–Trinajstić information content (AvgIpc) is 2.84. The highest BCUT2D eigenvalue weighted by Crippen LogP contribution is 2.16. The molecule has 1 N–H and O–H groups in total. The first kappa shape index (κ1) is 11.5. The topological polar surface area (TPSA) is 58.1 Å². The molecule has 17 heavy (non-hydrogen) atoms. The molecule has 1 heterocycles. The van der Waals surface area contributed by atoms with Crippen LogP contribution in [0.3, 0.4) is 0 Å². The Morgan fingerprint density at radius 2 is 2.18 bits per heavy atom. The summed E-state index contributed by atoms with van der Waals surface area (Å²) in [5.41, 5.74) is 0.866. The monoisotopic (exact) mass is 248 g/mol. The maximum absolute atomic E-state index is 12.0. The Labute approximate surface area is 103 Å². The first-order valence-electron chi connectivity index (χ1n) is 5.22. The van der Waals surface area contributed by atoms with Crippen molar-refractivity contribution in [1.29, 1.82) is 0 Å². The number of nitrogens with one attached hydrogen (secondary N) is 1. The van der Waals surface area contributed by atoms with Crippen LogP contribution in [0, 0.1) is 0 Å². The molecule has 0 atom stereocenters. The molecule has 0 radical (unpaired) electrons. The van der Waals surface area contributed by atoms with Gasteiger partial charge in [-0.1, -0.05) is 22.7 Å². The van der Waals surface area contributed by atoms with E-state index in [1.165, 1.54) is 6.20 Å². The van der Waals surface area contributed by atoms with Crippen LogP contribution in [0.2, 0.25) is 0 Å². The molecule has 1 aromatic carbocycles. The summed E-state index contributed by atoms with van der Waals surface area (Å²) >= 11 is 1.15. The molecule has 0 fully saturated rings. The van der Waals surface area contributed by atoms with E-state index in [1.807, 2.05) is 37.3 Å². The van der Waals surface area contributed by atoms with Crippen LogP contribution < -0.4 is 10.2 Å². The molecule has 0 bridgehead atoms. The second kappa shape index (κ2) is 5.40. The smallest absolute Gasteiger partial charge is 0.296 e. The molecule has 0 spiro atoms. The maximum Gasteiger partial charge on any atom is 0.327 e. The highest BCUT2D eigenvalue weighted by Gasteiger charge is 2.14. The Hall–Kier alpha value is -1.95. The van der Waals surface area contributed by atoms with Gasteiger partial charge in [-0.05, 0) is 19.1 Å². The number of hydrogen-bond acceptors (Lipinski definition) is 4. The van der Waals surface area contributed by atoms with E-state index < -0.39 is 0 Å². The van der Waals surface area contributed by atoms with Crippen LogP contribution in [0.5, 0.6) is 0 Å². The Morgan fingerprint density at radius 3 is 2.76 bits per heavy atom. The van der Waals surface area contributed by atoms with E-state index in [-0.39, 0.29) is 6.03 Å². The predicted octanol–water partition coefficient (Wildman–Crippen LogP) is 2.60. The molecular weight excluding hydrogens is 236 g/mol. The van der Waals surface area contributed by atoms with Crippen LogP contribution in [-0.2, 0) is 0 Å². The van der Waals surface area contributed by atoms with Crippen LogP contribution in [0.25, 0.3) is 0 Å². The van der Waals surface area contributed by atoms with Gasteiger partial charge in [-0.3, -0.25) is 10.2 Å². The van der Waals surface area contributed by atoms with Crippen molar-refractivity contribution in [2.45, 2.75) is 6.92 Å². The second-order valence-electron chi connectivity index (χ2n) is 3.29. The molecule has 0 aliphatic rings. The summed E-state index contributed by atoms with van der Waals surface area (Å²) < 4.78 is 3.69. The van der Waals surface area contributed by atoms with E-state index in [1.54, 1.807) is 4.90 Å². The van der Waals surface area contributed by atoms with Gasteiger partial charge in [0.2, 0.25) is 0 Å². The predicted molar refractivity (Wildman–Crippen MR) is 68.4 cm³/mol. The summed E-state index contributed by atoms with van der Waals surface area (Å²) in [5.74, 6) is 0. The largest absolute Gasteiger partial charge is 0.327 e. The normalized spacial score (nSPS) is 9.94. The first-order valence-corrected chi connectivity index (χ1v) is 5.99. The highest BCUT2D eigenvalue weighted by molar-refractivity contribution is 7.10. The van der Waals surface area contributed by atoms with Gasteiger partial charge in [0, 0.05) is 23.8 Å². The molecule has 0 unspecified atom stereocenters. The van der Waals surface area contributed by atoms with Crippen molar-refractivity contribution in [1.82, 2.24) is 9.59 Å². The van der Waals surface area contributed by atoms with Gasteiger partial charge in [-0.2, -0.15) is 0 Å². The zero-order valence-electron chi connectivity index (χ0n) is 9.33. The SMILES string of the molecule is CCN(C(=O)Nc1cnns1)c1ccccc1. The van der Waals surface area contributed by atoms with Crippen molar-refractivity contribution >= 4 is 28.3 Å². The third-order valence-corrected chi connectivity index (χ3v) is 2.80. The lowest BCUT2D eigenvalue weighted by Crippen LogP contribution is -2.34. The quantitative estimate of drug-likeness (QED) is 0.908. The maximum atomic E-state index is 12.0. The standard InChI is InChI=1S/C11H12N4OS/c1-2-15(9-6-4-3-5-7-9)11(16)13-10-8-12-14-17-10/h3-8H,2H2,1H3,(H,13,16). The minimum Gasteiger partial charge on any atom is -0.296 e. The van der Waals surface area contributed by atoms with E-state index in [2.05, 4.69) is 14.9 Å². The number of urea groups is 1. The van der Waals surface area contributed by atoms with Crippen molar-refractivity contribution < 1.29 is 4.79 Å². The molecule has 2 aromatic rings. The fraction of sp³-hybridized carbons (Fsp3) is 0.182. The number of benzene rings is 1. The van der Waals surface area contributed by atoms with Gasteiger partial charge in [-0.15, -0.1) is 5.10 Å². The van der Waals surface area contributed by atoms with Gasteiger partial charge < -0.3 is 0 Å². The van der Waals surface area contributed by atoms with E-state index in [0.717, 1.165) is 17.2 Å². The first-order chi connectivity index (χ1) is 8.31. The van der Waals surface area contributed by atoms with Gasteiger partial charge in [0.25, 0.3) is 0 Å². The number of nitrogens with zero attached hydrogens (tertiary/aromatic N) is 3. The summed E-state index contributed by atoms with van der Waals surface area (Å²) in [6, 6.07) is 9.34. The number of carbonyl (C=O) groups excluding carboxylic acids is 1. The van der Waals surface area contributed by atoms with E-state index in [9.17, 15) is 4.79 Å². The number of aromatic nitrogens is 2. The van der Waals surface area contributed by atoms with E-state index in [4.69, 9.17) is 0 Å². The lowest BCUT2D eigenvalue weighted by Gasteiger charge is -2.20.